The van der Waals surface area contributed by atoms with Gasteiger partial charge in [0.15, 0.2) is 0 Å². The number of rotatable bonds is 2. The second-order valence-corrected chi connectivity index (χ2v) is 5.10. The largest absolute Gasteiger partial charge is 0.430 e. The van der Waals surface area contributed by atoms with E-state index in [0.29, 0.717) is 5.19 Å². The predicted octanol–water partition coefficient (Wildman–Crippen LogP) is 4.46. The summed E-state index contributed by atoms with van der Waals surface area (Å²) in [4.78, 5) is 4.04. The molecule has 0 spiro atoms. The van der Waals surface area contributed by atoms with Gasteiger partial charge in [-0.2, -0.15) is 0 Å². The van der Waals surface area contributed by atoms with Gasteiger partial charge in [-0.25, -0.2) is 4.98 Å². The second-order valence-electron chi connectivity index (χ2n) is 2.47. The van der Waals surface area contributed by atoms with Crippen molar-refractivity contribution < 1.29 is 4.74 Å². The van der Waals surface area contributed by atoms with Gasteiger partial charge in [0.25, 0.3) is 5.19 Å². The Morgan fingerprint density at radius 1 is 1.29 bits per heavy atom. The first-order valence-corrected chi connectivity index (χ1v) is 6.24. The quantitative estimate of drug-likeness (QED) is 0.808. The summed E-state index contributed by atoms with van der Waals surface area (Å²) >= 11 is 8.26. The molecule has 0 fully saturated rings. The lowest BCUT2D eigenvalue weighted by Gasteiger charge is -2.03. The van der Waals surface area contributed by atoms with Crippen molar-refractivity contribution >= 4 is 43.2 Å². The van der Waals surface area contributed by atoms with Crippen LogP contribution in [0.5, 0.6) is 10.9 Å². The molecule has 0 bridgehead atoms. The van der Waals surface area contributed by atoms with Gasteiger partial charge in [-0.3, -0.25) is 0 Å². The van der Waals surface area contributed by atoms with Crippen molar-refractivity contribution in [3.05, 3.63) is 38.7 Å². The molecule has 0 aliphatic heterocycles. The Bertz CT molecular complexity index is 430. The SMILES string of the molecule is Brc1ccc(Oc2nccs2)c(Br)c1. The van der Waals surface area contributed by atoms with Crippen LogP contribution in [0.2, 0.25) is 0 Å². The average Bonchev–Trinajstić information content (AvgIpc) is 2.62. The lowest BCUT2D eigenvalue weighted by atomic mass is 10.3. The molecule has 0 atom stereocenters. The zero-order valence-electron chi connectivity index (χ0n) is 6.91. The Labute approximate surface area is 102 Å². The highest BCUT2D eigenvalue weighted by molar-refractivity contribution is 9.11. The molecule has 0 amide bonds. The minimum absolute atomic E-state index is 0.646. The minimum atomic E-state index is 0.646. The average molecular weight is 335 g/mol. The molecule has 2 nitrogen and oxygen atoms in total. The molecule has 0 saturated heterocycles. The van der Waals surface area contributed by atoms with Crippen molar-refractivity contribution in [3.8, 4) is 10.9 Å². The normalized spacial score (nSPS) is 10.1. The highest BCUT2D eigenvalue weighted by Crippen LogP contribution is 2.32. The number of hydrogen-bond donors (Lipinski definition) is 0. The molecule has 5 heteroatoms. The fourth-order valence-electron chi connectivity index (χ4n) is 0.913. The minimum Gasteiger partial charge on any atom is -0.430 e. The fourth-order valence-corrected chi connectivity index (χ4v) is 2.54. The first-order chi connectivity index (χ1) is 6.75. The monoisotopic (exact) mass is 333 g/mol. The van der Waals surface area contributed by atoms with E-state index in [0.717, 1.165) is 14.7 Å². The fraction of sp³-hybridized carbons (Fsp3) is 0. The van der Waals surface area contributed by atoms with E-state index in [9.17, 15) is 0 Å². The maximum Gasteiger partial charge on any atom is 0.278 e. The van der Waals surface area contributed by atoms with E-state index in [-0.39, 0.29) is 0 Å². The number of aromatic nitrogens is 1. The third kappa shape index (κ3) is 2.34. The number of ether oxygens (including phenoxy) is 1. The lowest BCUT2D eigenvalue weighted by Crippen LogP contribution is -1.83. The van der Waals surface area contributed by atoms with E-state index >= 15 is 0 Å². The Balaban J connectivity index is 2.25. The Morgan fingerprint density at radius 2 is 2.14 bits per heavy atom. The molecule has 0 aliphatic carbocycles. The van der Waals surface area contributed by atoms with Crippen molar-refractivity contribution in [1.82, 2.24) is 4.98 Å². The van der Waals surface area contributed by atoms with Crippen LogP contribution in [0.25, 0.3) is 0 Å². The molecule has 0 aliphatic rings. The summed E-state index contributed by atoms with van der Waals surface area (Å²) in [5, 5.41) is 2.52. The van der Waals surface area contributed by atoms with Crippen LogP contribution in [0.3, 0.4) is 0 Å². The van der Waals surface area contributed by atoms with Crippen LogP contribution in [0, 0.1) is 0 Å². The van der Waals surface area contributed by atoms with Crippen LogP contribution >= 0.6 is 43.2 Å². The van der Waals surface area contributed by atoms with Gasteiger partial charge in [0, 0.05) is 16.0 Å². The van der Waals surface area contributed by atoms with Gasteiger partial charge in [-0.05, 0) is 34.1 Å². The molecule has 1 aromatic heterocycles. The van der Waals surface area contributed by atoms with E-state index < -0.39 is 0 Å². The Hall–Kier alpha value is -0.390. The smallest absolute Gasteiger partial charge is 0.278 e. The molecule has 0 radical (unpaired) electrons. The molecule has 1 aromatic carbocycles. The molecule has 0 N–H and O–H groups in total. The van der Waals surface area contributed by atoms with Gasteiger partial charge in [0.2, 0.25) is 0 Å². The number of hydrogen-bond acceptors (Lipinski definition) is 3. The van der Waals surface area contributed by atoms with E-state index in [2.05, 4.69) is 36.8 Å². The predicted molar refractivity (Wildman–Crippen MR) is 64.0 cm³/mol. The van der Waals surface area contributed by atoms with Gasteiger partial charge in [-0.15, -0.1) is 0 Å². The van der Waals surface area contributed by atoms with Gasteiger partial charge >= 0.3 is 0 Å². The summed E-state index contributed by atoms with van der Waals surface area (Å²) in [6.45, 7) is 0. The van der Waals surface area contributed by atoms with Gasteiger partial charge in [-0.1, -0.05) is 27.3 Å². The third-order valence-electron chi connectivity index (χ3n) is 1.50. The zero-order valence-corrected chi connectivity index (χ0v) is 10.9. The summed E-state index contributed by atoms with van der Waals surface area (Å²) in [6.07, 6.45) is 1.72. The first kappa shape index (κ1) is 10.1. The Kier molecular flexibility index (Phi) is 3.20. The number of halogens is 2. The second kappa shape index (κ2) is 4.42. The van der Waals surface area contributed by atoms with Gasteiger partial charge < -0.3 is 4.74 Å². The highest BCUT2D eigenvalue weighted by Gasteiger charge is 2.04. The van der Waals surface area contributed by atoms with Crippen molar-refractivity contribution in [2.75, 3.05) is 0 Å². The number of thiazole rings is 1. The van der Waals surface area contributed by atoms with E-state index in [1.54, 1.807) is 6.20 Å². The molecule has 2 rings (SSSR count). The molecular weight excluding hydrogens is 330 g/mol. The van der Waals surface area contributed by atoms with Crippen LogP contribution in [0.4, 0.5) is 0 Å². The molecule has 0 unspecified atom stereocenters. The highest BCUT2D eigenvalue weighted by atomic mass is 79.9. The first-order valence-electron chi connectivity index (χ1n) is 3.78. The Morgan fingerprint density at radius 3 is 2.79 bits per heavy atom. The molecule has 2 aromatic rings. The van der Waals surface area contributed by atoms with E-state index in [1.165, 1.54) is 11.3 Å². The zero-order chi connectivity index (χ0) is 9.97. The summed E-state index contributed by atoms with van der Waals surface area (Å²) in [6, 6.07) is 5.74. The van der Waals surface area contributed by atoms with E-state index in [4.69, 9.17) is 4.74 Å². The maximum absolute atomic E-state index is 5.54. The summed E-state index contributed by atoms with van der Waals surface area (Å²) in [5.74, 6) is 0.767. The van der Waals surface area contributed by atoms with Gasteiger partial charge in [0.05, 0.1) is 4.47 Å². The van der Waals surface area contributed by atoms with Crippen LogP contribution in [-0.2, 0) is 0 Å². The van der Waals surface area contributed by atoms with Crippen molar-refractivity contribution in [2.24, 2.45) is 0 Å². The summed E-state index contributed by atoms with van der Waals surface area (Å²) in [5.41, 5.74) is 0. The van der Waals surface area contributed by atoms with Crippen LogP contribution in [-0.4, -0.2) is 4.98 Å². The van der Waals surface area contributed by atoms with Crippen molar-refractivity contribution in [2.45, 2.75) is 0 Å². The topological polar surface area (TPSA) is 22.1 Å². The summed E-state index contributed by atoms with van der Waals surface area (Å²) in [7, 11) is 0. The standard InChI is InChI=1S/C9H5Br2NOS/c10-6-1-2-8(7(11)5-6)13-9-12-3-4-14-9/h1-5H. The molecule has 72 valence electrons. The van der Waals surface area contributed by atoms with Crippen molar-refractivity contribution in [1.29, 1.82) is 0 Å². The molecule has 1 heterocycles. The lowest BCUT2D eigenvalue weighted by molar-refractivity contribution is 0.476. The van der Waals surface area contributed by atoms with E-state index in [1.807, 2.05) is 23.6 Å². The van der Waals surface area contributed by atoms with Crippen LogP contribution < -0.4 is 4.74 Å². The number of benzene rings is 1. The molecular formula is C9H5Br2NOS. The molecule has 0 saturated carbocycles. The number of nitrogens with zero attached hydrogens (tertiary/aromatic N) is 1. The van der Waals surface area contributed by atoms with Crippen molar-refractivity contribution in [3.63, 3.8) is 0 Å². The molecule has 14 heavy (non-hydrogen) atoms. The third-order valence-corrected chi connectivity index (χ3v) is 3.26. The van der Waals surface area contributed by atoms with Crippen LogP contribution in [0.1, 0.15) is 0 Å². The van der Waals surface area contributed by atoms with Crippen LogP contribution in [0.15, 0.2) is 38.7 Å². The summed E-state index contributed by atoms with van der Waals surface area (Å²) < 4.78 is 7.46. The maximum atomic E-state index is 5.54. The van der Waals surface area contributed by atoms with Gasteiger partial charge in [0.1, 0.15) is 5.75 Å².